The van der Waals surface area contributed by atoms with Crippen LogP contribution in [0, 0.1) is 5.92 Å². The van der Waals surface area contributed by atoms with Gasteiger partial charge in [0.1, 0.15) is 5.82 Å². The second kappa shape index (κ2) is 4.71. The summed E-state index contributed by atoms with van der Waals surface area (Å²) in [5, 5.41) is 0. The zero-order valence-corrected chi connectivity index (χ0v) is 10.8. The van der Waals surface area contributed by atoms with Gasteiger partial charge < -0.3 is 0 Å². The molecule has 0 amide bonds. The molecule has 0 N–H and O–H groups in total. The number of hydrogen-bond acceptors (Lipinski definition) is 3. The molecule has 1 aromatic heterocycles. The van der Waals surface area contributed by atoms with E-state index in [2.05, 4.69) is 32.2 Å². The van der Waals surface area contributed by atoms with Crippen molar-refractivity contribution in [3.63, 3.8) is 0 Å². The smallest absolute Gasteiger partial charge is 0.179 e. The van der Waals surface area contributed by atoms with Gasteiger partial charge in [0, 0.05) is 5.92 Å². The van der Waals surface area contributed by atoms with Gasteiger partial charge >= 0.3 is 0 Å². The first-order valence-corrected chi connectivity index (χ1v) is 6.85. The summed E-state index contributed by atoms with van der Waals surface area (Å²) in [7, 11) is 0. The van der Waals surface area contributed by atoms with E-state index in [0.29, 0.717) is 5.92 Å². The Labute approximate surface area is 97.4 Å². The Balaban J connectivity index is 2.04. The molecule has 2 nitrogen and oxygen atoms in total. The molecule has 0 saturated heterocycles. The number of aromatic nitrogens is 2. The molecule has 1 aliphatic carbocycles. The highest BCUT2D eigenvalue weighted by molar-refractivity contribution is 9.11. The summed E-state index contributed by atoms with van der Waals surface area (Å²) in [6.07, 6.45) is 6.62. The maximum absolute atomic E-state index is 4.43. The molecule has 0 radical (unpaired) electrons. The van der Waals surface area contributed by atoms with E-state index in [-0.39, 0.29) is 0 Å². The molecule has 1 aromatic rings. The van der Waals surface area contributed by atoms with Crippen LogP contribution in [0.4, 0.5) is 0 Å². The third kappa shape index (κ3) is 2.34. The van der Waals surface area contributed by atoms with Crippen LogP contribution >= 0.6 is 27.5 Å². The van der Waals surface area contributed by atoms with E-state index in [1.807, 2.05) is 0 Å². The molecule has 0 aromatic carbocycles. The lowest BCUT2D eigenvalue weighted by Crippen LogP contribution is -2.14. The first-order chi connectivity index (χ1) is 6.79. The fraction of sp³-hybridized carbons (Fsp3) is 0.800. The second-order valence-electron chi connectivity index (χ2n) is 4.04. The molecule has 1 fully saturated rings. The molecular weight excluding hydrogens is 260 g/mol. The zero-order chi connectivity index (χ0) is 9.97. The van der Waals surface area contributed by atoms with E-state index in [0.717, 1.165) is 15.7 Å². The van der Waals surface area contributed by atoms with Crippen molar-refractivity contribution in [3.05, 3.63) is 9.74 Å². The number of hydrogen-bond donors (Lipinski definition) is 0. The molecule has 4 heteroatoms. The molecule has 1 saturated carbocycles. The van der Waals surface area contributed by atoms with Crippen LogP contribution in [0.25, 0.3) is 0 Å². The Morgan fingerprint density at radius 2 is 2.36 bits per heavy atom. The molecule has 2 unspecified atom stereocenters. The highest BCUT2D eigenvalue weighted by atomic mass is 79.9. The van der Waals surface area contributed by atoms with Gasteiger partial charge in [0.2, 0.25) is 0 Å². The highest BCUT2D eigenvalue weighted by Crippen LogP contribution is 2.36. The van der Waals surface area contributed by atoms with Gasteiger partial charge in [-0.25, -0.2) is 4.98 Å². The number of nitrogens with zero attached hydrogens (tertiary/aromatic N) is 2. The lowest BCUT2D eigenvalue weighted by molar-refractivity contribution is 0.308. The Morgan fingerprint density at radius 1 is 1.50 bits per heavy atom. The molecule has 1 aliphatic rings. The van der Waals surface area contributed by atoms with Crippen LogP contribution in [0.15, 0.2) is 3.92 Å². The minimum Gasteiger partial charge on any atom is -0.212 e. The summed E-state index contributed by atoms with van der Waals surface area (Å²) in [5.74, 6) is 2.59. The van der Waals surface area contributed by atoms with Crippen molar-refractivity contribution < 1.29 is 0 Å². The first kappa shape index (κ1) is 10.6. The molecule has 0 spiro atoms. The number of rotatable bonds is 2. The summed E-state index contributed by atoms with van der Waals surface area (Å²) in [6, 6.07) is 0. The van der Waals surface area contributed by atoms with Gasteiger partial charge in [-0.1, -0.05) is 26.2 Å². The Kier molecular flexibility index (Phi) is 3.55. The van der Waals surface area contributed by atoms with Crippen molar-refractivity contribution >= 4 is 27.5 Å². The van der Waals surface area contributed by atoms with Crippen LogP contribution in [0.5, 0.6) is 0 Å². The molecule has 2 atom stereocenters. The average Bonchev–Trinajstić information content (AvgIpc) is 2.65. The van der Waals surface area contributed by atoms with Gasteiger partial charge in [0.25, 0.3) is 0 Å². The predicted octanol–water partition coefficient (Wildman–Crippen LogP) is 3.98. The first-order valence-electron chi connectivity index (χ1n) is 5.28. The molecular formula is C10H15BrN2S. The average molecular weight is 275 g/mol. The van der Waals surface area contributed by atoms with E-state index in [1.165, 1.54) is 43.6 Å². The molecule has 0 aliphatic heterocycles. The van der Waals surface area contributed by atoms with Gasteiger partial charge in [0.05, 0.1) is 0 Å². The predicted molar refractivity (Wildman–Crippen MR) is 62.6 cm³/mol. The van der Waals surface area contributed by atoms with Crippen LogP contribution in [0.1, 0.15) is 50.8 Å². The summed E-state index contributed by atoms with van der Waals surface area (Å²) >= 11 is 4.84. The van der Waals surface area contributed by atoms with Gasteiger partial charge in [0.15, 0.2) is 3.92 Å². The maximum atomic E-state index is 4.43. The van der Waals surface area contributed by atoms with E-state index < -0.39 is 0 Å². The van der Waals surface area contributed by atoms with E-state index in [1.54, 1.807) is 0 Å². The van der Waals surface area contributed by atoms with Crippen molar-refractivity contribution in [3.8, 4) is 0 Å². The Bertz CT molecular complexity index is 300. The van der Waals surface area contributed by atoms with Crippen molar-refractivity contribution in [2.75, 3.05) is 0 Å². The minimum absolute atomic E-state index is 0.622. The van der Waals surface area contributed by atoms with Gasteiger partial charge in [-0.05, 0) is 46.2 Å². The van der Waals surface area contributed by atoms with E-state index in [9.17, 15) is 0 Å². The van der Waals surface area contributed by atoms with Gasteiger partial charge in [-0.15, -0.1) is 0 Å². The second-order valence-corrected chi connectivity index (χ2v) is 6.07. The third-order valence-corrected chi connectivity index (χ3v) is 4.27. The largest absolute Gasteiger partial charge is 0.212 e. The standard InChI is InChI=1S/C10H15BrN2S/c1-2-7-4-3-5-8(6-7)9-12-10(11)14-13-9/h7-8H,2-6H2,1H3. The lowest BCUT2D eigenvalue weighted by atomic mass is 9.80. The molecule has 78 valence electrons. The SMILES string of the molecule is CCC1CCCC(c2nsc(Br)n2)C1. The summed E-state index contributed by atoms with van der Waals surface area (Å²) in [4.78, 5) is 4.43. The van der Waals surface area contributed by atoms with Crippen LogP contribution in [0.2, 0.25) is 0 Å². The van der Waals surface area contributed by atoms with E-state index >= 15 is 0 Å². The molecule has 1 heterocycles. The highest BCUT2D eigenvalue weighted by Gasteiger charge is 2.24. The van der Waals surface area contributed by atoms with Crippen molar-refractivity contribution in [2.24, 2.45) is 5.92 Å². The fourth-order valence-corrected chi connectivity index (χ4v) is 3.17. The summed E-state index contributed by atoms with van der Waals surface area (Å²) in [5.41, 5.74) is 0. The Hall–Kier alpha value is 0.0400. The topological polar surface area (TPSA) is 25.8 Å². The van der Waals surface area contributed by atoms with Crippen molar-refractivity contribution in [1.29, 1.82) is 0 Å². The maximum Gasteiger partial charge on any atom is 0.179 e. The van der Waals surface area contributed by atoms with Crippen LogP contribution in [-0.2, 0) is 0 Å². The van der Waals surface area contributed by atoms with Crippen molar-refractivity contribution in [2.45, 2.75) is 44.9 Å². The van der Waals surface area contributed by atoms with E-state index in [4.69, 9.17) is 0 Å². The number of halogens is 1. The Morgan fingerprint density at radius 3 is 3.00 bits per heavy atom. The monoisotopic (exact) mass is 274 g/mol. The zero-order valence-electron chi connectivity index (χ0n) is 8.37. The van der Waals surface area contributed by atoms with Gasteiger partial charge in [-0.2, -0.15) is 4.37 Å². The third-order valence-electron chi connectivity index (χ3n) is 3.14. The van der Waals surface area contributed by atoms with Crippen LogP contribution in [-0.4, -0.2) is 9.36 Å². The normalized spacial score (nSPS) is 27.9. The van der Waals surface area contributed by atoms with Crippen LogP contribution in [0.3, 0.4) is 0 Å². The quantitative estimate of drug-likeness (QED) is 0.815. The molecule has 14 heavy (non-hydrogen) atoms. The van der Waals surface area contributed by atoms with Gasteiger partial charge in [-0.3, -0.25) is 0 Å². The molecule has 0 bridgehead atoms. The fourth-order valence-electron chi connectivity index (χ4n) is 2.28. The van der Waals surface area contributed by atoms with Crippen LogP contribution < -0.4 is 0 Å². The summed E-state index contributed by atoms with van der Waals surface area (Å²) in [6.45, 7) is 2.29. The minimum atomic E-state index is 0.622. The van der Waals surface area contributed by atoms with Crippen molar-refractivity contribution in [1.82, 2.24) is 9.36 Å². The summed E-state index contributed by atoms with van der Waals surface area (Å²) < 4.78 is 5.31. The lowest BCUT2D eigenvalue weighted by Gasteiger charge is -2.26. The molecule has 2 rings (SSSR count).